The quantitative estimate of drug-likeness (QED) is 0.0994. The van der Waals surface area contributed by atoms with Crippen LogP contribution in [0.5, 0.6) is 0 Å². The van der Waals surface area contributed by atoms with Crippen LogP contribution in [0.2, 0.25) is 0 Å². The van der Waals surface area contributed by atoms with E-state index in [9.17, 15) is 24.3 Å². The van der Waals surface area contributed by atoms with Gasteiger partial charge in [-0.2, -0.15) is 0 Å². The minimum Gasteiger partial charge on any atom is -0.460 e. The summed E-state index contributed by atoms with van der Waals surface area (Å²) < 4.78 is 21.7. The van der Waals surface area contributed by atoms with Gasteiger partial charge in [0.25, 0.3) is 0 Å². The summed E-state index contributed by atoms with van der Waals surface area (Å²) in [6, 6.07) is 0. The first-order valence-electron chi connectivity index (χ1n) is 16.2. The number of nitrogens with one attached hydrogen (secondary N) is 2. The number of ether oxygens (including phenoxy) is 4. The third-order valence-corrected chi connectivity index (χ3v) is 5.85. The van der Waals surface area contributed by atoms with E-state index in [0.717, 1.165) is 19.3 Å². The van der Waals surface area contributed by atoms with Crippen molar-refractivity contribution in [2.24, 2.45) is 5.92 Å². The Kier molecular flexibility index (Phi) is 17.9. The molecule has 0 aromatic heterocycles. The van der Waals surface area contributed by atoms with Crippen LogP contribution in [0.15, 0.2) is 0 Å². The van der Waals surface area contributed by atoms with Crippen LogP contribution >= 0.6 is 0 Å². The molecule has 12 nitrogen and oxygen atoms in total. The third kappa shape index (κ3) is 26.2. The highest BCUT2D eigenvalue weighted by molar-refractivity contribution is 5.71. The van der Waals surface area contributed by atoms with Crippen LogP contribution in [-0.2, 0) is 23.7 Å². The molecule has 0 aromatic carbocycles. The average molecular weight is 646 g/mol. The fourth-order valence-corrected chi connectivity index (χ4v) is 4.17. The van der Waals surface area contributed by atoms with E-state index in [1.54, 1.807) is 62.3 Å². The van der Waals surface area contributed by atoms with E-state index in [0.29, 0.717) is 25.8 Å². The lowest BCUT2D eigenvalue weighted by Gasteiger charge is -2.31. The Morgan fingerprint density at radius 3 is 1.58 bits per heavy atom. The van der Waals surface area contributed by atoms with Gasteiger partial charge in [0.15, 0.2) is 0 Å². The topological polar surface area (TPSA) is 153 Å². The van der Waals surface area contributed by atoms with E-state index >= 15 is 0 Å². The number of aliphatic hydroxyl groups excluding tert-OH is 1. The zero-order chi connectivity index (χ0) is 35.1. The second kappa shape index (κ2) is 19.0. The lowest BCUT2D eigenvalue weighted by molar-refractivity contribution is -0.156. The Labute approximate surface area is 271 Å². The van der Waals surface area contributed by atoms with Crippen LogP contribution in [0.25, 0.3) is 0 Å². The maximum Gasteiger partial charge on any atom is 0.410 e. The van der Waals surface area contributed by atoms with Gasteiger partial charge in [-0.05, 0) is 108 Å². The first-order chi connectivity index (χ1) is 20.3. The normalized spacial score (nSPS) is 13.7. The van der Waals surface area contributed by atoms with Crippen LogP contribution in [0.3, 0.4) is 0 Å². The maximum atomic E-state index is 13.1. The number of carbonyl (C=O) groups excluding carboxylic acids is 4. The summed E-state index contributed by atoms with van der Waals surface area (Å²) in [5.41, 5.74) is -2.60. The Morgan fingerprint density at radius 2 is 1.09 bits per heavy atom. The minimum absolute atomic E-state index is 0.120. The number of hydrogen-bond acceptors (Lipinski definition) is 9. The van der Waals surface area contributed by atoms with E-state index in [4.69, 9.17) is 18.9 Å². The van der Waals surface area contributed by atoms with Gasteiger partial charge >= 0.3 is 24.2 Å². The van der Waals surface area contributed by atoms with Crippen molar-refractivity contribution in [2.75, 3.05) is 26.2 Å². The zero-order valence-corrected chi connectivity index (χ0v) is 30.1. The Hall–Kier alpha value is -2.76. The van der Waals surface area contributed by atoms with E-state index in [1.807, 2.05) is 20.8 Å². The van der Waals surface area contributed by atoms with Crippen molar-refractivity contribution < 1.29 is 43.2 Å². The Bertz CT molecular complexity index is 912. The zero-order valence-electron chi connectivity index (χ0n) is 30.1. The molecule has 0 bridgehead atoms. The highest BCUT2D eigenvalue weighted by Crippen LogP contribution is 2.21. The highest BCUT2D eigenvalue weighted by atomic mass is 16.6. The number of hydrogen-bond donors (Lipinski definition) is 3. The molecular formula is C33H63N3O9. The number of rotatable bonds is 16. The first-order valence-corrected chi connectivity index (χ1v) is 16.2. The molecule has 0 aliphatic rings. The molecule has 0 fully saturated rings. The van der Waals surface area contributed by atoms with E-state index in [2.05, 4.69) is 10.6 Å². The molecule has 264 valence electrons. The summed E-state index contributed by atoms with van der Waals surface area (Å²) >= 11 is 0. The van der Waals surface area contributed by atoms with Gasteiger partial charge in [0.2, 0.25) is 0 Å². The third-order valence-electron chi connectivity index (χ3n) is 5.85. The van der Waals surface area contributed by atoms with E-state index in [1.165, 1.54) is 4.90 Å². The summed E-state index contributed by atoms with van der Waals surface area (Å²) in [4.78, 5) is 51.4. The molecule has 0 saturated heterocycles. The number of unbranched alkanes of at least 4 members (excludes halogenated alkanes) is 2. The summed E-state index contributed by atoms with van der Waals surface area (Å²) in [7, 11) is 0. The van der Waals surface area contributed by atoms with Gasteiger partial charge in [-0.1, -0.05) is 19.3 Å². The van der Waals surface area contributed by atoms with Crippen molar-refractivity contribution in [3.05, 3.63) is 0 Å². The first kappa shape index (κ1) is 42.2. The van der Waals surface area contributed by atoms with Crippen LogP contribution in [0.4, 0.5) is 14.4 Å². The molecule has 0 aliphatic carbocycles. The Morgan fingerprint density at radius 1 is 0.622 bits per heavy atom. The van der Waals surface area contributed by atoms with E-state index < -0.39 is 46.8 Å². The molecule has 0 saturated carbocycles. The fraction of sp³-hybridized carbons (Fsp3) is 0.879. The molecular weight excluding hydrogens is 582 g/mol. The van der Waals surface area contributed by atoms with E-state index in [-0.39, 0.29) is 37.9 Å². The standard InChI is InChI=1S/C33H63N3O9/c1-30(2,3)42-26(38)22-24(16-14-13-15-17-25(37)18-19-34-27(39)43-31(4,5)6)23-36(29(41)45-33(10,11)12)21-20-35-28(40)44-32(7,8)9/h24-25,37H,13-23H2,1-12H3,(H,34,39)(H,35,40). The lowest BCUT2D eigenvalue weighted by atomic mass is 9.96. The molecule has 0 radical (unpaired) electrons. The molecule has 0 aliphatic heterocycles. The van der Waals surface area contributed by atoms with Crippen LogP contribution < -0.4 is 10.6 Å². The van der Waals surface area contributed by atoms with Crippen LogP contribution in [-0.4, -0.2) is 88.9 Å². The number of amides is 3. The molecule has 0 rings (SSSR count). The van der Waals surface area contributed by atoms with Gasteiger partial charge in [0.1, 0.15) is 22.4 Å². The van der Waals surface area contributed by atoms with Crippen molar-refractivity contribution in [1.29, 1.82) is 0 Å². The number of alkyl carbamates (subject to hydrolysis) is 2. The predicted molar refractivity (Wildman–Crippen MR) is 174 cm³/mol. The summed E-state index contributed by atoms with van der Waals surface area (Å²) in [6.45, 7) is 22.3. The van der Waals surface area contributed by atoms with Gasteiger partial charge in [0.05, 0.1) is 12.5 Å². The molecule has 3 amide bonds. The smallest absolute Gasteiger partial charge is 0.410 e. The highest BCUT2D eigenvalue weighted by Gasteiger charge is 2.28. The summed E-state index contributed by atoms with van der Waals surface area (Å²) in [6.07, 6.45) is 1.93. The van der Waals surface area contributed by atoms with Gasteiger partial charge in [-0.15, -0.1) is 0 Å². The van der Waals surface area contributed by atoms with Crippen molar-refractivity contribution in [2.45, 2.75) is 157 Å². The van der Waals surface area contributed by atoms with Crippen molar-refractivity contribution in [1.82, 2.24) is 15.5 Å². The van der Waals surface area contributed by atoms with Gasteiger partial charge in [-0.3, -0.25) is 4.79 Å². The average Bonchev–Trinajstić information content (AvgIpc) is 2.78. The molecule has 0 spiro atoms. The van der Waals surface area contributed by atoms with Gasteiger partial charge in [0, 0.05) is 26.2 Å². The monoisotopic (exact) mass is 645 g/mol. The van der Waals surface area contributed by atoms with Crippen LogP contribution in [0.1, 0.15) is 128 Å². The second-order valence-electron chi connectivity index (χ2n) is 15.5. The van der Waals surface area contributed by atoms with Crippen molar-refractivity contribution >= 4 is 24.2 Å². The van der Waals surface area contributed by atoms with Crippen molar-refractivity contribution in [3.63, 3.8) is 0 Å². The molecule has 12 heteroatoms. The van der Waals surface area contributed by atoms with Crippen molar-refractivity contribution in [3.8, 4) is 0 Å². The number of esters is 1. The summed E-state index contributed by atoms with van der Waals surface area (Å²) in [5.74, 6) is -0.562. The number of aliphatic hydroxyl groups is 1. The largest absolute Gasteiger partial charge is 0.460 e. The molecule has 0 heterocycles. The maximum absolute atomic E-state index is 13.1. The minimum atomic E-state index is -0.724. The molecule has 3 N–H and O–H groups in total. The molecule has 45 heavy (non-hydrogen) atoms. The second-order valence-corrected chi connectivity index (χ2v) is 15.5. The SMILES string of the molecule is CC(C)(C)OC(=O)CC(CCCCCC(O)CCNC(=O)OC(C)(C)C)CN(CCNC(=O)OC(C)(C)C)C(=O)OC(C)(C)C. The van der Waals surface area contributed by atoms with Gasteiger partial charge in [-0.25, -0.2) is 14.4 Å². The number of carbonyl (C=O) groups is 4. The fourth-order valence-electron chi connectivity index (χ4n) is 4.17. The predicted octanol–water partition coefficient (Wildman–Crippen LogP) is 6.32. The molecule has 0 aromatic rings. The Balaban J connectivity index is 5.20. The summed E-state index contributed by atoms with van der Waals surface area (Å²) in [5, 5.41) is 15.7. The molecule has 2 atom stereocenters. The lowest BCUT2D eigenvalue weighted by Crippen LogP contribution is -2.44. The number of nitrogens with zero attached hydrogens (tertiary/aromatic N) is 1. The van der Waals surface area contributed by atoms with Gasteiger partial charge < -0.3 is 39.6 Å². The molecule has 2 unspecified atom stereocenters. The van der Waals surface area contributed by atoms with Crippen LogP contribution in [0, 0.1) is 5.92 Å².